The fraction of sp³-hybridized carbons (Fsp3) is 1.00. The molecule has 1 fully saturated rings. The second-order valence-corrected chi connectivity index (χ2v) is 4.01. The Kier molecular flexibility index (Phi) is 2.26. The Bertz CT molecular complexity index is 130. The second-order valence-electron chi connectivity index (χ2n) is 4.01. The standard InChI is InChI=1S/C9H18O2/c1-4-8(2)5-6-9(3,7-10)11-8/h10H,4-7H2,1-3H3. The molecule has 0 radical (unpaired) electrons. The zero-order valence-electron chi connectivity index (χ0n) is 7.68. The minimum Gasteiger partial charge on any atom is -0.393 e. The molecule has 2 heteroatoms. The average molecular weight is 158 g/mol. The predicted octanol–water partition coefficient (Wildman–Crippen LogP) is 1.72. The maximum Gasteiger partial charge on any atom is 0.0892 e. The van der Waals surface area contributed by atoms with E-state index in [0.717, 1.165) is 19.3 Å². The van der Waals surface area contributed by atoms with E-state index in [2.05, 4.69) is 13.8 Å². The van der Waals surface area contributed by atoms with E-state index in [9.17, 15) is 0 Å². The van der Waals surface area contributed by atoms with Gasteiger partial charge in [0.05, 0.1) is 17.8 Å². The number of rotatable bonds is 2. The van der Waals surface area contributed by atoms with Crippen LogP contribution in [0.2, 0.25) is 0 Å². The molecule has 0 spiro atoms. The van der Waals surface area contributed by atoms with Gasteiger partial charge >= 0.3 is 0 Å². The smallest absolute Gasteiger partial charge is 0.0892 e. The molecule has 1 heterocycles. The highest BCUT2D eigenvalue weighted by Crippen LogP contribution is 2.38. The normalized spacial score (nSPS) is 44.7. The van der Waals surface area contributed by atoms with Crippen molar-refractivity contribution >= 4 is 0 Å². The van der Waals surface area contributed by atoms with Crippen LogP contribution in [0.5, 0.6) is 0 Å². The summed E-state index contributed by atoms with van der Waals surface area (Å²) >= 11 is 0. The third-order valence-corrected chi connectivity index (χ3v) is 2.76. The molecule has 0 aromatic heterocycles. The van der Waals surface area contributed by atoms with Gasteiger partial charge in [-0.15, -0.1) is 0 Å². The van der Waals surface area contributed by atoms with Crippen LogP contribution < -0.4 is 0 Å². The lowest BCUT2D eigenvalue weighted by molar-refractivity contribution is -0.108. The molecular formula is C9H18O2. The quantitative estimate of drug-likeness (QED) is 0.663. The van der Waals surface area contributed by atoms with Gasteiger partial charge in [-0.05, 0) is 33.1 Å². The van der Waals surface area contributed by atoms with Crippen LogP contribution >= 0.6 is 0 Å². The maximum absolute atomic E-state index is 9.03. The van der Waals surface area contributed by atoms with Crippen molar-refractivity contribution in [3.63, 3.8) is 0 Å². The summed E-state index contributed by atoms with van der Waals surface area (Å²) in [5.74, 6) is 0. The van der Waals surface area contributed by atoms with Gasteiger partial charge in [-0.3, -0.25) is 0 Å². The Morgan fingerprint density at radius 1 is 1.27 bits per heavy atom. The van der Waals surface area contributed by atoms with E-state index in [0.29, 0.717) is 0 Å². The summed E-state index contributed by atoms with van der Waals surface area (Å²) in [7, 11) is 0. The Balaban J connectivity index is 2.58. The van der Waals surface area contributed by atoms with Gasteiger partial charge < -0.3 is 9.84 Å². The molecule has 1 aliphatic rings. The molecule has 0 bridgehead atoms. The van der Waals surface area contributed by atoms with Gasteiger partial charge in [0, 0.05) is 0 Å². The van der Waals surface area contributed by atoms with E-state index in [4.69, 9.17) is 9.84 Å². The molecule has 2 nitrogen and oxygen atoms in total. The minimum atomic E-state index is -0.273. The molecule has 0 aromatic carbocycles. The molecule has 1 saturated heterocycles. The van der Waals surface area contributed by atoms with E-state index in [1.165, 1.54) is 0 Å². The van der Waals surface area contributed by atoms with Crippen molar-refractivity contribution in [2.45, 2.75) is 51.2 Å². The summed E-state index contributed by atoms with van der Waals surface area (Å²) in [6.45, 7) is 6.37. The topological polar surface area (TPSA) is 29.5 Å². The molecule has 2 atom stereocenters. The lowest BCUT2D eigenvalue weighted by atomic mass is 9.97. The third kappa shape index (κ3) is 1.74. The van der Waals surface area contributed by atoms with Crippen LogP contribution in [0.4, 0.5) is 0 Å². The van der Waals surface area contributed by atoms with Crippen LogP contribution in [0, 0.1) is 0 Å². The minimum absolute atomic E-state index is 0.0114. The van der Waals surface area contributed by atoms with Crippen molar-refractivity contribution in [2.24, 2.45) is 0 Å². The van der Waals surface area contributed by atoms with Crippen LogP contribution in [0.25, 0.3) is 0 Å². The SMILES string of the molecule is CCC1(C)CCC(C)(CO)O1. The van der Waals surface area contributed by atoms with Gasteiger partial charge in [0.1, 0.15) is 0 Å². The number of aliphatic hydroxyl groups excluding tert-OH is 1. The summed E-state index contributed by atoms with van der Waals surface area (Å²) in [6.07, 6.45) is 3.08. The van der Waals surface area contributed by atoms with Crippen molar-refractivity contribution in [3.05, 3.63) is 0 Å². The zero-order valence-corrected chi connectivity index (χ0v) is 7.68. The van der Waals surface area contributed by atoms with Crippen molar-refractivity contribution in [1.29, 1.82) is 0 Å². The molecule has 2 unspecified atom stereocenters. The van der Waals surface area contributed by atoms with Gasteiger partial charge in [-0.1, -0.05) is 6.92 Å². The Morgan fingerprint density at radius 3 is 2.09 bits per heavy atom. The molecule has 0 amide bonds. The molecule has 1 aliphatic heterocycles. The van der Waals surface area contributed by atoms with Crippen LogP contribution in [0.3, 0.4) is 0 Å². The monoisotopic (exact) mass is 158 g/mol. The van der Waals surface area contributed by atoms with E-state index in [1.54, 1.807) is 0 Å². The van der Waals surface area contributed by atoms with Crippen LogP contribution in [0.15, 0.2) is 0 Å². The van der Waals surface area contributed by atoms with E-state index >= 15 is 0 Å². The Hall–Kier alpha value is -0.0800. The third-order valence-electron chi connectivity index (χ3n) is 2.76. The first-order chi connectivity index (χ1) is 5.04. The van der Waals surface area contributed by atoms with Gasteiger partial charge in [0.25, 0.3) is 0 Å². The fourth-order valence-electron chi connectivity index (χ4n) is 1.59. The van der Waals surface area contributed by atoms with Crippen molar-refractivity contribution in [2.75, 3.05) is 6.61 Å². The zero-order chi connectivity index (χ0) is 8.54. The molecule has 0 aromatic rings. The molecular weight excluding hydrogens is 140 g/mol. The summed E-state index contributed by atoms with van der Waals surface area (Å²) in [5, 5.41) is 9.03. The summed E-state index contributed by atoms with van der Waals surface area (Å²) in [4.78, 5) is 0. The maximum atomic E-state index is 9.03. The lowest BCUT2D eigenvalue weighted by Crippen LogP contribution is -2.33. The first-order valence-corrected chi connectivity index (χ1v) is 4.35. The largest absolute Gasteiger partial charge is 0.393 e. The fourth-order valence-corrected chi connectivity index (χ4v) is 1.59. The molecule has 0 saturated carbocycles. The second kappa shape index (κ2) is 2.76. The van der Waals surface area contributed by atoms with Gasteiger partial charge in [0.2, 0.25) is 0 Å². The molecule has 1 N–H and O–H groups in total. The Labute approximate surface area is 68.6 Å². The van der Waals surface area contributed by atoms with Gasteiger partial charge in [-0.2, -0.15) is 0 Å². The van der Waals surface area contributed by atoms with E-state index < -0.39 is 0 Å². The van der Waals surface area contributed by atoms with Crippen LogP contribution in [-0.2, 0) is 4.74 Å². The summed E-state index contributed by atoms with van der Waals surface area (Å²) in [5.41, 5.74) is -0.262. The predicted molar refractivity (Wildman–Crippen MR) is 44.5 cm³/mol. The molecule has 0 aliphatic carbocycles. The summed E-state index contributed by atoms with van der Waals surface area (Å²) < 4.78 is 5.78. The van der Waals surface area contributed by atoms with Crippen LogP contribution in [-0.4, -0.2) is 22.9 Å². The highest BCUT2D eigenvalue weighted by molar-refractivity contribution is 4.91. The summed E-state index contributed by atoms with van der Waals surface area (Å²) in [6, 6.07) is 0. The first kappa shape index (κ1) is 9.01. The first-order valence-electron chi connectivity index (χ1n) is 4.35. The number of hydrogen-bond donors (Lipinski definition) is 1. The van der Waals surface area contributed by atoms with Gasteiger partial charge in [-0.25, -0.2) is 0 Å². The Morgan fingerprint density at radius 2 is 1.82 bits per heavy atom. The van der Waals surface area contributed by atoms with E-state index in [-0.39, 0.29) is 17.8 Å². The highest BCUT2D eigenvalue weighted by Gasteiger charge is 2.41. The lowest BCUT2D eigenvalue weighted by Gasteiger charge is -2.27. The van der Waals surface area contributed by atoms with Crippen molar-refractivity contribution in [1.82, 2.24) is 0 Å². The number of aliphatic hydroxyl groups is 1. The molecule has 11 heavy (non-hydrogen) atoms. The van der Waals surface area contributed by atoms with Crippen molar-refractivity contribution < 1.29 is 9.84 Å². The molecule has 1 rings (SSSR count). The molecule has 66 valence electrons. The van der Waals surface area contributed by atoms with Crippen LogP contribution in [0.1, 0.15) is 40.0 Å². The number of hydrogen-bond acceptors (Lipinski definition) is 2. The van der Waals surface area contributed by atoms with Gasteiger partial charge in [0.15, 0.2) is 0 Å². The average Bonchev–Trinajstić information content (AvgIpc) is 2.30. The number of ether oxygens (including phenoxy) is 1. The van der Waals surface area contributed by atoms with E-state index in [1.807, 2.05) is 6.92 Å². The highest BCUT2D eigenvalue weighted by atomic mass is 16.5. The van der Waals surface area contributed by atoms with Crippen molar-refractivity contribution in [3.8, 4) is 0 Å².